The molecular formula is C17H21NO. The first-order valence-electron chi connectivity index (χ1n) is 7.10. The third-order valence-corrected chi connectivity index (χ3v) is 4.31. The summed E-state index contributed by atoms with van der Waals surface area (Å²) in [5, 5.41) is 3.69. The Bertz CT molecular complexity index is 570. The first kappa shape index (κ1) is 12.5. The lowest BCUT2D eigenvalue weighted by molar-refractivity contribution is 0.410. The number of hydrogen-bond donors (Lipinski definition) is 1. The van der Waals surface area contributed by atoms with Crippen LogP contribution in [0.15, 0.2) is 34.9 Å². The average molecular weight is 255 g/mol. The molecule has 0 radical (unpaired) electrons. The Morgan fingerprint density at radius 2 is 2.16 bits per heavy atom. The molecule has 3 rings (SSSR count). The molecule has 1 atom stereocenters. The number of rotatable bonds is 3. The monoisotopic (exact) mass is 255 g/mol. The van der Waals surface area contributed by atoms with Crippen molar-refractivity contribution in [1.82, 2.24) is 5.32 Å². The van der Waals surface area contributed by atoms with Crippen molar-refractivity contribution in [3.05, 3.63) is 58.5 Å². The molecule has 1 N–H and O–H groups in total. The van der Waals surface area contributed by atoms with E-state index in [9.17, 15) is 0 Å². The molecule has 0 saturated carbocycles. The summed E-state index contributed by atoms with van der Waals surface area (Å²) < 4.78 is 5.54. The molecule has 1 aromatic carbocycles. The van der Waals surface area contributed by atoms with Gasteiger partial charge in [0.15, 0.2) is 0 Å². The number of hydrogen-bond acceptors (Lipinski definition) is 2. The van der Waals surface area contributed by atoms with Gasteiger partial charge in [-0.1, -0.05) is 18.2 Å². The lowest BCUT2D eigenvalue weighted by Crippen LogP contribution is -2.24. The molecule has 100 valence electrons. The van der Waals surface area contributed by atoms with Gasteiger partial charge in [0.2, 0.25) is 0 Å². The molecule has 1 aromatic heterocycles. The molecule has 0 bridgehead atoms. The zero-order valence-electron chi connectivity index (χ0n) is 11.7. The van der Waals surface area contributed by atoms with Crippen molar-refractivity contribution in [2.75, 3.05) is 0 Å². The van der Waals surface area contributed by atoms with Gasteiger partial charge in [-0.3, -0.25) is 0 Å². The Hall–Kier alpha value is -1.54. The van der Waals surface area contributed by atoms with Gasteiger partial charge in [0.25, 0.3) is 0 Å². The molecule has 1 aliphatic carbocycles. The average Bonchev–Trinajstić information content (AvgIpc) is 2.89. The fraction of sp³-hybridized carbons (Fsp3) is 0.412. The number of benzene rings is 1. The molecule has 19 heavy (non-hydrogen) atoms. The maximum Gasteiger partial charge on any atom is 0.108 e. The third kappa shape index (κ3) is 2.45. The van der Waals surface area contributed by atoms with Gasteiger partial charge in [-0.05, 0) is 49.4 Å². The van der Waals surface area contributed by atoms with Crippen LogP contribution in [-0.2, 0) is 13.0 Å². The van der Waals surface area contributed by atoms with Crippen molar-refractivity contribution in [1.29, 1.82) is 0 Å². The van der Waals surface area contributed by atoms with Gasteiger partial charge in [-0.25, -0.2) is 0 Å². The highest BCUT2D eigenvalue weighted by molar-refractivity contribution is 5.33. The van der Waals surface area contributed by atoms with E-state index in [0.29, 0.717) is 6.04 Å². The zero-order chi connectivity index (χ0) is 13.2. The van der Waals surface area contributed by atoms with Crippen LogP contribution in [-0.4, -0.2) is 0 Å². The predicted molar refractivity (Wildman–Crippen MR) is 77.1 cm³/mol. The van der Waals surface area contributed by atoms with Crippen LogP contribution < -0.4 is 5.32 Å². The molecule has 1 heterocycles. The normalized spacial score (nSPS) is 18.3. The Morgan fingerprint density at radius 3 is 3.05 bits per heavy atom. The molecular weight excluding hydrogens is 234 g/mol. The van der Waals surface area contributed by atoms with Crippen molar-refractivity contribution < 1.29 is 4.42 Å². The number of fused-ring (bicyclic) bond motifs is 1. The Morgan fingerprint density at radius 1 is 1.26 bits per heavy atom. The highest BCUT2D eigenvalue weighted by atomic mass is 16.3. The van der Waals surface area contributed by atoms with Gasteiger partial charge in [0.1, 0.15) is 5.76 Å². The minimum Gasteiger partial charge on any atom is -0.469 e. The standard InChI is InChI=1S/C17H21NO/c1-12-5-3-6-14(13(12)2)11-18-16-7-4-8-17-15(16)9-10-19-17/h3,5-6,9-10,16,18H,4,7-8,11H2,1-2H3. The molecule has 2 aromatic rings. The van der Waals surface area contributed by atoms with Gasteiger partial charge in [0.05, 0.1) is 6.26 Å². The van der Waals surface area contributed by atoms with Crippen molar-refractivity contribution in [3.8, 4) is 0 Å². The maximum absolute atomic E-state index is 5.54. The van der Waals surface area contributed by atoms with Crippen molar-refractivity contribution in [2.24, 2.45) is 0 Å². The second kappa shape index (κ2) is 5.22. The number of aryl methyl sites for hydroxylation is 2. The van der Waals surface area contributed by atoms with E-state index in [1.54, 1.807) is 0 Å². The zero-order valence-corrected chi connectivity index (χ0v) is 11.7. The predicted octanol–water partition coefficient (Wildman–Crippen LogP) is 4.06. The molecule has 0 spiro atoms. The first-order chi connectivity index (χ1) is 9.25. The fourth-order valence-corrected chi connectivity index (χ4v) is 2.93. The van der Waals surface area contributed by atoms with E-state index in [1.807, 2.05) is 6.26 Å². The SMILES string of the molecule is Cc1cccc(CNC2CCCc3occc32)c1C. The largest absolute Gasteiger partial charge is 0.469 e. The van der Waals surface area contributed by atoms with E-state index < -0.39 is 0 Å². The quantitative estimate of drug-likeness (QED) is 0.894. The molecule has 2 heteroatoms. The van der Waals surface area contributed by atoms with Crippen LogP contribution in [0.2, 0.25) is 0 Å². The summed E-state index contributed by atoms with van der Waals surface area (Å²) in [7, 11) is 0. The van der Waals surface area contributed by atoms with Crippen LogP contribution in [0.25, 0.3) is 0 Å². The smallest absolute Gasteiger partial charge is 0.108 e. The summed E-state index contributed by atoms with van der Waals surface area (Å²) in [5.41, 5.74) is 5.53. The molecule has 0 aliphatic heterocycles. The summed E-state index contributed by atoms with van der Waals surface area (Å²) in [5.74, 6) is 1.17. The second-order valence-corrected chi connectivity index (χ2v) is 5.48. The van der Waals surface area contributed by atoms with Crippen LogP contribution in [0.3, 0.4) is 0 Å². The van der Waals surface area contributed by atoms with Gasteiger partial charge in [-0.2, -0.15) is 0 Å². The van der Waals surface area contributed by atoms with E-state index in [4.69, 9.17) is 4.42 Å². The molecule has 0 amide bonds. The van der Waals surface area contributed by atoms with Crippen LogP contribution >= 0.6 is 0 Å². The minimum absolute atomic E-state index is 0.447. The van der Waals surface area contributed by atoms with E-state index in [1.165, 1.54) is 40.9 Å². The second-order valence-electron chi connectivity index (χ2n) is 5.48. The Kier molecular flexibility index (Phi) is 3.43. The van der Waals surface area contributed by atoms with Crippen molar-refractivity contribution in [3.63, 3.8) is 0 Å². The van der Waals surface area contributed by atoms with E-state index in [-0.39, 0.29) is 0 Å². The number of nitrogens with one attached hydrogen (secondary N) is 1. The van der Waals surface area contributed by atoms with Gasteiger partial charge >= 0.3 is 0 Å². The summed E-state index contributed by atoms with van der Waals surface area (Å²) in [4.78, 5) is 0. The molecule has 2 nitrogen and oxygen atoms in total. The fourth-order valence-electron chi connectivity index (χ4n) is 2.93. The van der Waals surface area contributed by atoms with Crippen molar-refractivity contribution in [2.45, 2.75) is 45.7 Å². The number of furan rings is 1. The highest BCUT2D eigenvalue weighted by Crippen LogP contribution is 2.30. The lowest BCUT2D eigenvalue weighted by atomic mass is 9.93. The molecule has 0 saturated heterocycles. The topological polar surface area (TPSA) is 25.2 Å². The van der Waals surface area contributed by atoms with Crippen molar-refractivity contribution >= 4 is 0 Å². The van der Waals surface area contributed by atoms with Gasteiger partial charge < -0.3 is 9.73 Å². The Balaban J connectivity index is 1.73. The highest BCUT2D eigenvalue weighted by Gasteiger charge is 2.22. The van der Waals surface area contributed by atoms with Crippen LogP contribution in [0, 0.1) is 13.8 Å². The third-order valence-electron chi connectivity index (χ3n) is 4.31. The summed E-state index contributed by atoms with van der Waals surface area (Å²) in [6, 6.07) is 9.10. The molecule has 1 unspecified atom stereocenters. The van der Waals surface area contributed by atoms with E-state index >= 15 is 0 Å². The lowest BCUT2D eigenvalue weighted by Gasteiger charge is -2.23. The van der Waals surface area contributed by atoms with Gasteiger partial charge in [0, 0.05) is 24.6 Å². The minimum atomic E-state index is 0.447. The Labute approximate surface area is 114 Å². The first-order valence-corrected chi connectivity index (χ1v) is 7.10. The molecule has 1 aliphatic rings. The summed E-state index contributed by atoms with van der Waals surface area (Å²) in [6.07, 6.45) is 5.33. The van der Waals surface area contributed by atoms with Gasteiger partial charge in [-0.15, -0.1) is 0 Å². The van der Waals surface area contributed by atoms with Crippen LogP contribution in [0.5, 0.6) is 0 Å². The van der Waals surface area contributed by atoms with E-state index in [0.717, 1.165) is 13.0 Å². The molecule has 0 fully saturated rings. The summed E-state index contributed by atoms with van der Waals surface area (Å²) in [6.45, 7) is 5.31. The maximum atomic E-state index is 5.54. The summed E-state index contributed by atoms with van der Waals surface area (Å²) >= 11 is 0. The van der Waals surface area contributed by atoms with E-state index in [2.05, 4.69) is 43.4 Å². The van der Waals surface area contributed by atoms with Crippen LogP contribution in [0.4, 0.5) is 0 Å². The van der Waals surface area contributed by atoms with Crippen LogP contribution in [0.1, 0.15) is 46.9 Å².